The van der Waals surface area contributed by atoms with Crippen molar-refractivity contribution >= 4 is 52.4 Å². The minimum absolute atomic E-state index is 0.0762. The molecular weight excluding hydrogens is 648 g/mol. The van der Waals surface area contributed by atoms with Gasteiger partial charge in [-0.3, -0.25) is 9.59 Å². The summed E-state index contributed by atoms with van der Waals surface area (Å²) in [6.45, 7) is 8.29. The molecule has 3 atom stereocenters. The van der Waals surface area contributed by atoms with Crippen LogP contribution in [-0.2, 0) is 14.4 Å². The zero-order valence-corrected chi connectivity index (χ0v) is 28.8. The van der Waals surface area contributed by atoms with Gasteiger partial charge in [-0.05, 0) is 64.5 Å². The predicted octanol–water partition coefficient (Wildman–Crippen LogP) is 5.44. The normalized spacial score (nSPS) is 14.9. The number of aliphatic hydroxyl groups excluding tert-OH is 3. The highest BCUT2D eigenvalue weighted by molar-refractivity contribution is 7.99. The van der Waals surface area contributed by atoms with Gasteiger partial charge in [0, 0.05) is 39.6 Å². The van der Waals surface area contributed by atoms with Crippen LogP contribution in [0.5, 0.6) is 0 Å². The van der Waals surface area contributed by atoms with E-state index in [9.17, 15) is 24.3 Å². The number of benzene rings is 3. The average molecular weight is 691 g/mol. The van der Waals surface area contributed by atoms with Crippen molar-refractivity contribution in [3.63, 3.8) is 0 Å². The van der Waals surface area contributed by atoms with E-state index < -0.39 is 35.7 Å². The first-order valence-corrected chi connectivity index (χ1v) is 16.3. The second-order valence-electron chi connectivity index (χ2n) is 12.1. The number of hydrogen-bond donors (Lipinski definition) is 5. The Balaban J connectivity index is 0.000000212. The van der Waals surface area contributed by atoms with E-state index in [2.05, 4.69) is 79.3 Å². The Hall–Kier alpha value is -4.75. The summed E-state index contributed by atoms with van der Waals surface area (Å²) in [5, 5.41) is 42.6. The van der Waals surface area contributed by atoms with E-state index in [1.54, 1.807) is 24.3 Å². The van der Waals surface area contributed by atoms with Crippen LogP contribution in [-0.4, -0.2) is 93.3 Å². The first-order valence-electron chi connectivity index (χ1n) is 15.5. The molecule has 3 aromatic carbocycles. The van der Waals surface area contributed by atoms with Crippen LogP contribution in [0.1, 0.15) is 43.1 Å². The van der Waals surface area contributed by atoms with Crippen molar-refractivity contribution in [1.29, 1.82) is 0 Å². The van der Waals surface area contributed by atoms with Gasteiger partial charge in [0.15, 0.2) is 12.2 Å². The van der Waals surface area contributed by atoms with E-state index in [0.29, 0.717) is 11.5 Å². The molecule has 5 N–H and O–H groups in total. The SMILES string of the molecule is CC(C)=CCC1=C(O)c2ccccc2C(=O)C1=O.CC(CN(C)C)CN1c2ccccc2Sc2ccccc21.O=C(O)C(O)C(O)C(=O)O. The van der Waals surface area contributed by atoms with Crippen LogP contribution in [0.2, 0.25) is 0 Å². The van der Waals surface area contributed by atoms with Crippen molar-refractivity contribution in [3.8, 4) is 0 Å². The zero-order chi connectivity index (χ0) is 36.4. The Labute approximate surface area is 289 Å². The first kappa shape index (κ1) is 38.7. The molecule has 49 heavy (non-hydrogen) atoms. The van der Waals surface area contributed by atoms with Crippen LogP contribution < -0.4 is 4.90 Å². The largest absolute Gasteiger partial charge is 0.507 e. The molecule has 3 aromatic rings. The highest BCUT2D eigenvalue weighted by atomic mass is 32.2. The van der Waals surface area contributed by atoms with Gasteiger partial charge >= 0.3 is 11.9 Å². The number of nitrogens with zero attached hydrogens (tertiary/aromatic N) is 2. The van der Waals surface area contributed by atoms with Crippen LogP contribution in [0.3, 0.4) is 0 Å². The lowest BCUT2D eigenvalue weighted by Gasteiger charge is -2.35. The maximum absolute atomic E-state index is 11.9. The van der Waals surface area contributed by atoms with Gasteiger partial charge < -0.3 is 35.3 Å². The molecule has 0 fully saturated rings. The number of carboxylic acids is 2. The number of aliphatic carboxylic acids is 2. The third-order valence-electron chi connectivity index (χ3n) is 7.42. The maximum Gasteiger partial charge on any atom is 0.335 e. The molecule has 0 radical (unpaired) electrons. The lowest BCUT2D eigenvalue weighted by atomic mass is 9.87. The molecule has 0 spiro atoms. The standard InChI is InChI=1S/C18H22N2S.C15H14O3.C4H6O6/c1-14(12-19(2)3)13-20-15-8-4-6-10-17(15)21-18-11-7-5-9-16(18)20;1-9(2)7-8-12-13(16)10-5-3-4-6-11(10)14(17)15(12)18;5-1(3(7)8)2(6)4(9)10/h4-11,14H,12-13H2,1-3H3;3-7,16H,8H2,1-2H3;1-2,5-6H,(H,7,8)(H,9,10). The number of aliphatic hydroxyl groups is 3. The number of carboxylic acid groups (broad SMARTS) is 2. The van der Waals surface area contributed by atoms with E-state index >= 15 is 0 Å². The van der Waals surface area contributed by atoms with E-state index in [0.717, 1.165) is 18.7 Å². The highest BCUT2D eigenvalue weighted by Gasteiger charge is 2.32. The monoisotopic (exact) mass is 690 g/mol. The second kappa shape index (κ2) is 17.6. The minimum atomic E-state index is -2.27. The molecule has 0 aromatic heterocycles. The number of carbonyl (C=O) groups is 4. The molecule has 1 aliphatic carbocycles. The molecule has 2 aliphatic rings. The first-order chi connectivity index (χ1) is 23.1. The van der Waals surface area contributed by atoms with Crippen molar-refractivity contribution in [3.05, 3.63) is 101 Å². The van der Waals surface area contributed by atoms with Crippen LogP contribution in [0.15, 0.2) is 99.8 Å². The smallest absolute Gasteiger partial charge is 0.335 e. The molecule has 0 bridgehead atoms. The molecule has 3 unspecified atom stereocenters. The van der Waals surface area contributed by atoms with Gasteiger partial charge in [-0.1, -0.05) is 78.9 Å². The average Bonchev–Trinajstić information content (AvgIpc) is 3.06. The highest BCUT2D eigenvalue weighted by Crippen LogP contribution is 2.48. The maximum atomic E-state index is 11.9. The van der Waals surface area contributed by atoms with Crippen molar-refractivity contribution in [2.24, 2.45) is 5.92 Å². The summed E-state index contributed by atoms with van der Waals surface area (Å²) in [4.78, 5) is 50.8. The zero-order valence-electron chi connectivity index (χ0n) is 28.0. The van der Waals surface area contributed by atoms with Crippen LogP contribution >= 0.6 is 11.8 Å². The molecule has 1 heterocycles. The lowest BCUT2D eigenvalue weighted by molar-refractivity contribution is -0.165. The molecule has 11 nitrogen and oxygen atoms in total. The minimum Gasteiger partial charge on any atom is -0.507 e. The van der Waals surface area contributed by atoms with E-state index in [1.165, 1.54) is 21.2 Å². The number of para-hydroxylation sites is 2. The third kappa shape index (κ3) is 10.1. The molecule has 5 rings (SSSR count). The number of allylic oxidation sites excluding steroid dienone is 3. The number of hydrogen-bond acceptors (Lipinski definition) is 10. The Morgan fingerprint density at radius 2 is 1.27 bits per heavy atom. The molecule has 1 aliphatic heterocycles. The summed E-state index contributed by atoms with van der Waals surface area (Å²) < 4.78 is 0. The van der Waals surface area contributed by atoms with Crippen molar-refractivity contribution in [2.75, 3.05) is 32.1 Å². The number of rotatable bonds is 9. The molecule has 0 saturated heterocycles. The van der Waals surface area contributed by atoms with Crippen molar-refractivity contribution in [1.82, 2.24) is 4.90 Å². The van der Waals surface area contributed by atoms with Gasteiger partial charge in [0.2, 0.25) is 11.6 Å². The predicted molar refractivity (Wildman–Crippen MR) is 188 cm³/mol. The third-order valence-corrected chi connectivity index (χ3v) is 8.55. The molecular formula is C37H42N2O9S. The van der Waals surface area contributed by atoms with E-state index in [-0.39, 0.29) is 23.3 Å². The number of ketones is 2. The Morgan fingerprint density at radius 3 is 1.73 bits per heavy atom. The van der Waals surface area contributed by atoms with Crippen LogP contribution in [0.4, 0.5) is 11.4 Å². The number of Topliss-reactive ketones (excluding diaryl/α,β-unsaturated/α-hetero) is 2. The molecule has 0 saturated carbocycles. The fraction of sp³-hybridized carbons (Fsp3) is 0.297. The summed E-state index contributed by atoms with van der Waals surface area (Å²) in [6, 6.07) is 24.1. The Morgan fingerprint density at radius 1 is 0.796 bits per heavy atom. The summed E-state index contributed by atoms with van der Waals surface area (Å²) in [5.41, 5.74) is 4.62. The Kier molecular flexibility index (Phi) is 13.9. The summed E-state index contributed by atoms with van der Waals surface area (Å²) in [6.07, 6.45) is -2.42. The quantitative estimate of drug-likeness (QED) is 0.142. The lowest BCUT2D eigenvalue weighted by Crippen LogP contribution is -2.39. The molecule has 12 heteroatoms. The molecule has 260 valence electrons. The van der Waals surface area contributed by atoms with Crippen molar-refractivity contribution < 1.29 is 44.7 Å². The van der Waals surface area contributed by atoms with Gasteiger partial charge in [0.25, 0.3) is 0 Å². The van der Waals surface area contributed by atoms with Crippen LogP contribution in [0.25, 0.3) is 5.76 Å². The molecule has 0 amide bonds. The number of fused-ring (bicyclic) bond motifs is 3. The van der Waals surface area contributed by atoms with Gasteiger partial charge in [-0.2, -0.15) is 0 Å². The van der Waals surface area contributed by atoms with E-state index in [4.69, 9.17) is 20.4 Å². The fourth-order valence-corrected chi connectivity index (χ4v) is 6.25. The summed E-state index contributed by atoms with van der Waals surface area (Å²) in [7, 11) is 4.29. The Bertz CT molecular complexity index is 1680. The topological polar surface area (TPSA) is 176 Å². The summed E-state index contributed by atoms with van der Waals surface area (Å²) in [5.74, 6) is -4.15. The second-order valence-corrected chi connectivity index (χ2v) is 13.2. The number of carbonyl (C=O) groups excluding carboxylic acids is 2. The van der Waals surface area contributed by atoms with Gasteiger partial charge in [-0.25, -0.2) is 9.59 Å². The van der Waals surface area contributed by atoms with Crippen molar-refractivity contribution in [2.45, 2.75) is 49.2 Å². The van der Waals surface area contributed by atoms with E-state index in [1.807, 2.05) is 31.7 Å². The summed E-state index contributed by atoms with van der Waals surface area (Å²) >= 11 is 1.88. The number of anilines is 2. The fourth-order valence-electron chi connectivity index (χ4n) is 5.15. The van der Waals surface area contributed by atoms with Gasteiger partial charge in [-0.15, -0.1) is 0 Å². The van der Waals surface area contributed by atoms with Gasteiger partial charge in [0.05, 0.1) is 11.4 Å². The van der Waals surface area contributed by atoms with Crippen LogP contribution in [0, 0.1) is 5.92 Å². The van der Waals surface area contributed by atoms with Gasteiger partial charge in [0.1, 0.15) is 5.76 Å².